The molecule has 176 valence electrons. The van der Waals surface area contributed by atoms with Crippen molar-refractivity contribution in [3.05, 3.63) is 71.0 Å². The van der Waals surface area contributed by atoms with Crippen molar-refractivity contribution in [1.29, 1.82) is 5.26 Å². The third-order valence-electron chi connectivity index (χ3n) is 4.63. The molecule has 0 unspecified atom stereocenters. The van der Waals surface area contributed by atoms with E-state index in [4.69, 9.17) is 4.74 Å². The van der Waals surface area contributed by atoms with Crippen molar-refractivity contribution in [3.63, 3.8) is 0 Å². The lowest BCUT2D eigenvalue weighted by atomic mass is 10.1. The van der Waals surface area contributed by atoms with Gasteiger partial charge < -0.3 is 14.8 Å². The quantitative estimate of drug-likeness (QED) is 0.510. The fourth-order valence-corrected chi connectivity index (χ4v) is 3.02. The van der Waals surface area contributed by atoms with Gasteiger partial charge in [-0.1, -0.05) is 0 Å². The van der Waals surface area contributed by atoms with E-state index in [9.17, 15) is 28.0 Å². The first kappa shape index (κ1) is 24.3. The first-order chi connectivity index (χ1) is 16.1. The summed E-state index contributed by atoms with van der Waals surface area (Å²) in [6.07, 6.45) is -3.14. The molecule has 0 aliphatic carbocycles. The molecule has 1 aromatic heterocycles. The van der Waals surface area contributed by atoms with Gasteiger partial charge in [-0.25, -0.2) is 9.48 Å². The zero-order valence-electron chi connectivity index (χ0n) is 18.1. The molecule has 0 bridgehead atoms. The van der Waals surface area contributed by atoms with Crippen molar-refractivity contribution in [2.45, 2.75) is 20.0 Å². The maximum Gasteiger partial charge on any atom is 0.422 e. The number of nitrogens with zero attached hydrogens (tertiary/aromatic N) is 3. The second-order valence-corrected chi connectivity index (χ2v) is 7.00. The van der Waals surface area contributed by atoms with Crippen molar-refractivity contribution < 1.29 is 32.2 Å². The second kappa shape index (κ2) is 10.1. The van der Waals surface area contributed by atoms with Gasteiger partial charge in [0.2, 0.25) is 0 Å². The largest absolute Gasteiger partial charge is 0.483 e. The van der Waals surface area contributed by atoms with Crippen LogP contribution in [0.3, 0.4) is 0 Å². The molecule has 0 fully saturated rings. The number of esters is 1. The van der Waals surface area contributed by atoms with E-state index in [0.29, 0.717) is 16.9 Å². The highest BCUT2D eigenvalue weighted by atomic mass is 19.4. The molecular weight excluding hydrogens is 453 g/mol. The van der Waals surface area contributed by atoms with Crippen molar-refractivity contribution in [1.82, 2.24) is 9.78 Å². The number of anilines is 1. The lowest BCUT2D eigenvalue weighted by molar-refractivity contribution is -0.153. The monoisotopic (exact) mass is 472 g/mol. The van der Waals surface area contributed by atoms with Gasteiger partial charge >= 0.3 is 12.1 Å². The molecule has 1 heterocycles. The Balaban J connectivity index is 1.72. The number of halogens is 3. The van der Waals surface area contributed by atoms with E-state index < -0.39 is 24.7 Å². The minimum Gasteiger partial charge on any atom is -0.483 e. The number of amides is 1. The fourth-order valence-electron chi connectivity index (χ4n) is 3.02. The molecule has 0 aliphatic rings. The highest BCUT2D eigenvalue weighted by Gasteiger charge is 2.29. The maximum atomic E-state index is 12.6. The van der Waals surface area contributed by atoms with Crippen LogP contribution in [-0.2, 0) is 4.74 Å². The normalized spacial score (nSPS) is 10.9. The van der Waals surface area contributed by atoms with Crippen molar-refractivity contribution in [3.8, 4) is 17.5 Å². The first-order valence-electron chi connectivity index (χ1n) is 10.00. The van der Waals surface area contributed by atoms with Crippen LogP contribution in [0, 0.1) is 18.3 Å². The average molecular weight is 472 g/mol. The van der Waals surface area contributed by atoms with Gasteiger partial charge in [0, 0.05) is 11.3 Å². The summed E-state index contributed by atoms with van der Waals surface area (Å²) in [5.74, 6) is -1.21. The predicted octanol–water partition coefficient (Wildman–Crippen LogP) is 4.42. The molecule has 0 saturated carbocycles. The molecule has 0 saturated heterocycles. The van der Waals surface area contributed by atoms with Crippen LogP contribution in [0.1, 0.15) is 38.9 Å². The smallest absolute Gasteiger partial charge is 0.422 e. The zero-order valence-corrected chi connectivity index (χ0v) is 18.1. The van der Waals surface area contributed by atoms with Crippen molar-refractivity contribution in [2.75, 3.05) is 18.5 Å². The number of carbonyl (C=O) groups is 2. The van der Waals surface area contributed by atoms with Crippen LogP contribution in [0.5, 0.6) is 5.75 Å². The summed E-state index contributed by atoms with van der Waals surface area (Å²) in [5, 5.41) is 16.0. The number of benzene rings is 2. The number of nitrogens with one attached hydrogen (secondary N) is 1. The minimum atomic E-state index is -4.54. The summed E-state index contributed by atoms with van der Waals surface area (Å²) in [6.45, 7) is 2.14. The van der Waals surface area contributed by atoms with E-state index in [1.54, 1.807) is 44.2 Å². The minimum absolute atomic E-state index is 0.149. The molecule has 34 heavy (non-hydrogen) atoms. The van der Waals surface area contributed by atoms with Crippen molar-refractivity contribution >= 4 is 17.6 Å². The zero-order chi connectivity index (χ0) is 24.9. The van der Waals surface area contributed by atoms with Gasteiger partial charge in [0.1, 0.15) is 17.4 Å². The molecule has 2 aromatic carbocycles. The number of rotatable bonds is 7. The summed E-state index contributed by atoms with van der Waals surface area (Å²) in [7, 11) is 0. The van der Waals surface area contributed by atoms with Crippen LogP contribution < -0.4 is 10.1 Å². The Morgan fingerprint density at radius 2 is 1.88 bits per heavy atom. The highest BCUT2D eigenvalue weighted by Crippen LogP contribution is 2.25. The van der Waals surface area contributed by atoms with E-state index in [-0.39, 0.29) is 29.2 Å². The van der Waals surface area contributed by atoms with Gasteiger partial charge in [-0.3, -0.25) is 4.79 Å². The lowest BCUT2D eigenvalue weighted by Gasteiger charge is -2.12. The molecule has 0 aliphatic heterocycles. The number of hydrogen-bond donors (Lipinski definition) is 1. The molecule has 3 aromatic rings. The molecule has 0 atom stereocenters. The SMILES string of the molecule is CCOC(=O)c1cnn(-c2ccc(C(=O)Nc3ccc(OCC(F)(F)F)c(C#N)c3)cc2)c1C. The van der Waals surface area contributed by atoms with Crippen molar-refractivity contribution in [2.24, 2.45) is 0 Å². The Morgan fingerprint density at radius 1 is 1.18 bits per heavy atom. The number of carbonyl (C=O) groups excluding carboxylic acids is 2. The van der Waals surface area contributed by atoms with Gasteiger partial charge in [0.15, 0.2) is 6.61 Å². The Morgan fingerprint density at radius 3 is 2.50 bits per heavy atom. The van der Waals surface area contributed by atoms with E-state index in [1.165, 1.54) is 29.1 Å². The van der Waals surface area contributed by atoms with E-state index in [2.05, 4.69) is 15.2 Å². The second-order valence-electron chi connectivity index (χ2n) is 7.00. The summed E-state index contributed by atoms with van der Waals surface area (Å²) >= 11 is 0. The third kappa shape index (κ3) is 5.72. The van der Waals surface area contributed by atoms with Gasteiger partial charge in [0.25, 0.3) is 5.91 Å². The Labute approximate surface area is 192 Å². The van der Waals surface area contributed by atoms with E-state index in [1.807, 2.05) is 0 Å². The third-order valence-corrected chi connectivity index (χ3v) is 4.63. The summed E-state index contributed by atoms with van der Waals surface area (Å²) < 4.78 is 48.2. The topological polar surface area (TPSA) is 106 Å². The van der Waals surface area contributed by atoms with Gasteiger partial charge in [-0.05, 0) is 56.3 Å². The molecule has 1 N–H and O–H groups in total. The fraction of sp³-hybridized carbons (Fsp3) is 0.217. The van der Waals surface area contributed by atoms with Crippen LogP contribution in [0.2, 0.25) is 0 Å². The summed E-state index contributed by atoms with van der Waals surface area (Å²) in [5.41, 5.74) is 1.88. The number of alkyl halides is 3. The van der Waals surface area contributed by atoms with Gasteiger partial charge in [-0.2, -0.15) is 23.5 Å². The summed E-state index contributed by atoms with van der Waals surface area (Å²) in [4.78, 5) is 24.5. The molecular formula is C23H19F3N4O4. The Kier molecular flexibility index (Phi) is 7.21. The van der Waals surface area contributed by atoms with Gasteiger partial charge in [0.05, 0.1) is 29.7 Å². The number of ether oxygens (including phenoxy) is 2. The molecule has 11 heteroatoms. The molecule has 1 amide bonds. The lowest BCUT2D eigenvalue weighted by Crippen LogP contribution is -2.19. The molecule has 0 spiro atoms. The van der Waals surface area contributed by atoms with Gasteiger partial charge in [-0.15, -0.1) is 0 Å². The molecule has 8 nitrogen and oxygen atoms in total. The predicted molar refractivity (Wildman–Crippen MR) is 115 cm³/mol. The first-order valence-corrected chi connectivity index (χ1v) is 10.00. The van der Waals surface area contributed by atoms with E-state index in [0.717, 1.165) is 0 Å². The number of aromatic nitrogens is 2. The average Bonchev–Trinajstić information content (AvgIpc) is 3.19. The maximum absolute atomic E-state index is 12.6. The number of hydrogen-bond acceptors (Lipinski definition) is 6. The van der Waals surface area contributed by atoms with E-state index >= 15 is 0 Å². The molecule has 0 radical (unpaired) electrons. The standard InChI is InChI=1S/C23H19F3N4O4/c1-3-33-22(32)19-12-28-30(14(19)2)18-7-4-15(5-8-18)21(31)29-17-6-9-20(16(10-17)11-27)34-13-23(24,25)26/h4-10,12H,3,13H2,1-2H3,(H,29,31). The van der Waals surface area contributed by atoms with Crippen LogP contribution in [0.4, 0.5) is 18.9 Å². The highest BCUT2D eigenvalue weighted by molar-refractivity contribution is 6.04. The summed E-state index contributed by atoms with van der Waals surface area (Å²) in [6, 6.07) is 11.9. The van der Waals surface area contributed by atoms with Crippen LogP contribution in [-0.4, -0.2) is 41.0 Å². The van der Waals surface area contributed by atoms with Crippen LogP contribution in [0.25, 0.3) is 5.69 Å². The van der Waals surface area contributed by atoms with Crippen LogP contribution in [0.15, 0.2) is 48.7 Å². The molecule has 3 rings (SSSR count). The number of nitriles is 1. The van der Waals surface area contributed by atoms with Crippen LogP contribution >= 0.6 is 0 Å². The Hall–Kier alpha value is -4.33. The Bertz CT molecular complexity index is 1240.